The molecule has 16 heavy (non-hydrogen) atoms. The number of hydrogen-bond donors (Lipinski definition) is 0. The molecule has 3 nitrogen and oxygen atoms in total. The molecule has 4 heteroatoms. The fourth-order valence-corrected chi connectivity index (χ4v) is 2.86. The molecule has 0 N–H and O–H groups in total. The van der Waals surface area contributed by atoms with Crippen LogP contribution in [0.25, 0.3) is 6.08 Å². The van der Waals surface area contributed by atoms with E-state index in [0.29, 0.717) is 13.1 Å². The van der Waals surface area contributed by atoms with Crippen LogP contribution in [0.2, 0.25) is 0 Å². The fraction of sp³-hybridized carbons (Fsp3) is 0.333. The van der Waals surface area contributed by atoms with Gasteiger partial charge in [-0.25, -0.2) is 8.42 Å². The van der Waals surface area contributed by atoms with Crippen LogP contribution in [0.1, 0.15) is 5.56 Å². The predicted molar refractivity (Wildman–Crippen MR) is 65.7 cm³/mol. The average Bonchev–Trinajstić information content (AvgIpc) is 2.29. The van der Waals surface area contributed by atoms with E-state index in [2.05, 4.69) is 0 Å². The van der Waals surface area contributed by atoms with Crippen molar-refractivity contribution in [2.75, 3.05) is 24.6 Å². The van der Waals surface area contributed by atoms with Crippen LogP contribution in [0.5, 0.6) is 0 Å². The second kappa shape index (κ2) is 4.70. The van der Waals surface area contributed by atoms with Crippen molar-refractivity contribution in [2.45, 2.75) is 0 Å². The van der Waals surface area contributed by atoms with E-state index >= 15 is 0 Å². The molecule has 1 aromatic rings. The van der Waals surface area contributed by atoms with Gasteiger partial charge in [0.25, 0.3) is 0 Å². The number of rotatable bonds is 2. The van der Waals surface area contributed by atoms with Crippen molar-refractivity contribution in [1.29, 1.82) is 0 Å². The number of nitrogens with zero attached hydrogens (tertiary/aromatic N) is 1. The minimum absolute atomic E-state index is 0.270. The van der Waals surface area contributed by atoms with Crippen LogP contribution in [0, 0.1) is 0 Å². The largest absolute Gasteiger partial charge is 0.375 e. The summed E-state index contributed by atoms with van der Waals surface area (Å²) in [5, 5.41) is 0. The smallest absolute Gasteiger partial charge is 0.153 e. The third-order valence-electron chi connectivity index (χ3n) is 2.66. The number of benzene rings is 1. The maximum atomic E-state index is 11.2. The van der Waals surface area contributed by atoms with Crippen LogP contribution < -0.4 is 0 Å². The van der Waals surface area contributed by atoms with Gasteiger partial charge in [0.1, 0.15) is 0 Å². The molecule has 1 saturated heterocycles. The van der Waals surface area contributed by atoms with Gasteiger partial charge >= 0.3 is 0 Å². The SMILES string of the molecule is O=S1(=O)CCN(C=Cc2ccccc2)CC1. The molecule has 1 fully saturated rings. The highest BCUT2D eigenvalue weighted by molar-refractivity contribution is 7.91. The van der Waals surface area contributed by atoms with Gasteiger partial charge in [-0.3, -0.25) is 0 Å². The van der Waals surface area contributed by atoms with Gasteiger partial charge in [-0.05, 0) is 17.8 Å². The van der Waals surface area contributed by atoms with Gasteiger partial charge in [-0.2, -0.15) is 0 Å². The van der Waals surface area contributed by atoms with Gasteiger partial charge in [-0.15, -0.1) is 0 Å². The summed E-state index contributed by atoms with van der Waals surface area (Å²) in [6.07, 6.45) is 3.99. The fourth-order valence-electron chi connectivity index (χ4n) is 1.63. The summed E-state index contributed by atoms with van der Waals surface area (Å²) >= 11 is 0. The number of sulfone groups is 1. The van der Waals surface area contributed by atoms with Gasteiger partial charge in [-0.1, -0.05) is 30.3 Å². The zero-order valence-electron chi connectivity index (χ0n) is 9.04. The zero-order chi connectivity index (χ0) is 11.4. The van der Waals surface area contributed by atoms with E-state index in [1.54, 1.807) is 0 Å². The molecular formula is C12H15NO2S. The van der Waals surface area contributed by atoms with Crippen molar-refractivity contribution in [1.82, 2.24) is 4.90 Å². The van der Waals surface area contributed by atoms with Crippen molar-refractivity contribution >= 4 is 15.9 Å². The summed E-state index contributed by atoms with van der Waals surface area (Å²) in [5.74, 6) is 0.540. The van der Waals surface area contributed by atoms with Crippen LogP contribution in [0.4, 0.5) is 0 Å². The molecule has 0 unspecified atom stereocenters. The van der Waals surface area contributed by atoms with Crippen molar-refractivity contribution in [2.24, 2.45) is 0 Å². The molecule has 1 aliphatic rings. The molecule has 1 heterocycles. The Labute approximate surface area is 96.3 Å². The lowest BCUT2D eigenvalue weighted by Crippen LogP contribution is -2.36. The van der Waals surface area contributed by atoms with E-state index < -0.39 is 9.84 Å². The second-order valence-electron chi connectivity index (χ2n) is 3.91. The third-order valence-corrected chi connectivity index (χ3v) is 4.27. The van der Waals surface area contributed by atoms with Crippen LogP contribution >= 0.6 is 0 Å². The van der Waals surface area contributed by atoms with Gasteiger partial charge in [0.15, 0.2) is 9.84 Å². The minimum atomic E-state index is -2.77. The Hall–Kier alpha value is -1.29. The summed E-state index contributed by atoms with van der Waals surface area (Å²) in [7, 11) is -2.77. The zero-order valence-corrected chi connectivity index (χ0v) is 9.86. The Morgan fingerprint density at radius 2 is 1.69 bits per heavy atom. The summed E-state index contributed by atoms with van der Waals surface area (Å²) in [6, 6.07) is 10.00. The van der Waals surface area contributed by atoms with Gasteiger partial charge in [0, 0.05) is 13.1 Å². The highest BCUT2D eigenvalue weighted by Crippen LogP contribution is 2.07. The van der Waals surface area contributed by atoms with Gasteiger partial charge in [0.2, 0.25) is 0 Å². The first-order chi connectivity index (χ1) is 7.66. The lowest BCUT2D eigenvalue weighted by Gasteiger charge is -2.24. The van der Waals surface area contributed by atoms with Crippen LogP contribution in [-0.4, -0.2) is 37.9 Å². The lowest BCUT2D eigenvalue weighted by molar-refractivity contribution is 0.404. The highest BCUT2D eigenvalue weighted by Gasteiger charge is 2.18. The second-order valence-corrected chi connectivity index (χ2v) is 6.22. The van der Waals surface area contributed by atoms with E-state index in [1.165, 1.54) is 0 Å². The lowest BCUT2D eigenvalue weighted by atomic mass is 10.2. The minimum Gasteiger partial charge on any atom is -0.375 e. The van der Waals surface area contributed by atoms with E-state index in [1.807, 2.05) is 47.5 Å². The molecule has 0 saturated carbocycles. The third kappa shape index (κ3) is 3.10. The van der Waals surface area contributed by atoms with Gasteiger partial charge < -0.3 is 4.90 Å². The topological polar surface area (TPSA) is 37.4 Å². The molecular weight excluding hydrogens is 222 g/mol. The molecule has 2 rings (SSSR count). The predicted octanol–water partition coefficient (Wildman–Crippen LogP) is 1.39. The van der Waals surface area contributed by atoms with Crippen molar-refractivity contribution < 1.29 is 8.42 Å². The molecule has 0 radical (unpaired) electrons. The van der Waals surface area contributed by atoms with Crippen LogP contribution in [0.3, 0.4) is 0 Å². The van der Waals surface area contributed by atoms with Gasteiger partial charge in [0.05, 0.1) is 11.5 Å². The Balaban J connectivity index is 1.95. The maximum absolute atomic E-state index is 11.2. The van der Waals surface area contributed by atoms with E-state index in [9.17, 15) is 8.42 Å². The molecule has 86 valence electrons. The Kier molecular flexibility index (Phi) is 3.29. The summed E-state index contributed by atoms with van der Waals surface area (Å²) in [6.45, 7) is 1.21. The quantitative estimate of drug-likeness (QED) is 0.780. The molecule has 0 spiro atoms. The molecule has 1 aliphatic heterocycles. The first-order valence-electron chi connectivity index (χ1n) is 5.33. The first-order valence-corrected chi connectivity index (χ1v) is 7.16. The average molecular weight is 237 g/mol. The van der Waals surface area contributed by atoms with E-state index in [4.69, 9.17) is 0 Å². The molecule has 0 aliphatic carbocycles. The Morgan fingerprint density at radius 1 is 1.06 bits per heavy atom. The molecule has 0 amide bonds. The summed E-state index contributed by atoms with van der Waals surface area (Å²) in [4.78, 5) is 2.05. The van der Waals surface area contributed by atoms with Crippen LogP contribution in [-0.2, 0) is 9.84 Å². The van der Waals surface area contributed by atoms with E-state index in [0.717, 1.165) is 5.56 Å². The molecule has 0 atom stereocenters. The van der Waals surface area contributed by atoms with Crippen molar-refractivity contribution in [3.8, 4) is 0 Å². The number of hydrogen-bond acceptors (Lipinski definition) is 3. The molecule has 1 aromatic carbocycles. The van der Waals surface area contributed by atoms with Crippen molar-refractivity contribution in [3.05, 3.63) is 42.1 Å². The van der Waals surface area contributed by atoms with E-state index in [-0.39, 0.29) is 11.5 Å². The standard InChI is InChI=1S/C12H15NO2S/c14-16(15)10-8-13(9-11-16)7-6-12-4-2-1-3-5-12/h1-7H,8-11H2. The highest BCUT2D eigenvalue weighted by atomic mass is 32.2. The Bertz CT molecular complexity index is 451. The van der Waals surface area contributed by atoms with Crippen LogP contribution in [0.15, 0.2) is 36.5 Å². The molecule has 0 aromatic heterocycles. The normalized spacial score (nSPS) is 20.1. The summed E-state index contributed by atoms with van der Waals surface area (Å²) in [5.41, 5.74) is 1.14. The molecule has 0 bridgehead atoms. The summed E-state index contributed by atoms with van der Waals surface area (Å²) < 4.78 is 22.4. The first kappa shape index (κ1) is 11.2. The Morgan fingerprint density at radius 3 is 2.31 bits per heavy atom. The monoisotopic (exact) mass is 237 g/mol. The van der Waals surface area contributed by atoms with Crippen molar-refractivity contribution in [3.63, 3.8) is 0 Å². The maximum Gasteiger partial charge on any atom is 0.153 e.